The van der Waals surface area contributed by atoms with Gasteiger partial charge in [-0.3, -0.25) is 0 Å². The fourth-order valence-electron chi connectivity index (χ4n) is 1.46. The van der Waals surface area contributed by atoms with Crippen LogP contribution in [0.5, 0.6) is 0 Å². The first-order chi connectivity index (χ1) is 6.77. The van der Waals surface area contributed by atoms with Gasteiger partial charge >= 0.3 is 0 Å². The maximum Gasteiger partial charge on any atom is -0.00248 e. The summed E-state index contributed by atoms with van der Waals surface area (Å²) in [7, 11) is 4.29. The summed E-state index contributed by atoms with van der Waals surface area (Å²) >= 11 is 0. The highest BCUT2D eigenvalue weighted by Gasteiger charge is 1.92. The van der Waals surface area contributed by atoms with Crippen molar-refractivity contribution in [1.29, 1.82) is 0 Å². The van der Waals surface area contributed by atoms with Crippen LogP contribution in [-0.4, -0.2) is 38.6 Å². The van der Waals surface area contributed by atoms with Crippen LogP contribution in [0.3, 0.4) is 0 Å². The molecule has 86 valence electrons. The van der Waals surface area contributed by atoms with Gasteiger partial charge in [0, 0.05) is 0 Å². The Bertz CT molecular complexity index is 102. The van der Waals surface area contributed by atoms with E-state index in [0.717, 1.165) is 0 Å². The van der Waals surface area contributed by atoms with E-state index in [1.807, 2.05) is 0 Å². The third-order valence-corrected chi connectivity index (χ3v) is 2.42. The van der Waals surface area contributed by atoms with Gasteiger partial charge in [0.05, 0.1) is 0 Å². The second-order valence-corrected chi connectivity index (χ2v) is 4.32. The zero-order valence-electron chi connectivity index (χ0n) is 10.3. The Morgan fingerprint density at radius 2 is 1.50 bits per heavy atom. The van der Waals surface area contributed by atoms with Crippen molar-refractivity contribution in [3.8, 4) is 0 Å². The smallest absolute Gasteiger partial charge is 0.00248 e. The van der Waals surface area contributed by atoms with Crippen molar-refractivity contribution in [2.24, 2.45) is 0 Å². The summed E-state index contributed by atoms with van der Waals surface area (Å²) in [6.07, 6.45) is 8.08. The van der Waals surface area contributed by atoms with Crippen LogP contribution in [0.4, 0.5) is 0 Å². The quantitative estimate of drug-likeness (QED) is 0.545. The summed E-state index contributed by atoms with van der Waals surface area (Å²) in [6.45, 7) is 5.89. The van der Waals surface area contributed by atoms with Gasteiger partial charge < -0.3 is 10.2 Å². The van der Waals surface area contributed by atoms with Crippen molar-refractivity contribution >= 4 is 0 Å². The van der Waals surface area contributed by atoms with Gasteiger partial charge in [-0.1, -0.05) is 26.2 Å². The third kappa shape index (κ3) is 11.9. The molecular weight excluding hydrogens is 172 g/mol. The van der Waals surface area contributed by atoms with Crippen LogP contribution < -0.4 is 5.32 Å². The molecule has 0 unspecified atom stereocenters. The lowest BCUT2D eigenvalue weighted by molar-refractivity contribution is 0.389. The SMILES string of the molecule is CCCCNCCCCCCN(C)C. The van der Waals surface area contributed by atoms with E-state index in [1.54, 1.807) is 0 Å². The fraction of sp³-hybridized carbons (Fsp3) is 1.00. The Morgan fingerprint density at radius 3 is 2.14 bits per heavy atom. The summed E-state index contributed by atoms with van der Waals surface area (Å²) in [6, 6.07) is 0. The minimum Gasteiger partial charge on any atom is -0.317 e. The number of rotatable bonds is 10. The molecule has 0 aliphatic rings. The summed E-state index contributed by atoms with van der Waals surface area (Å²) < 4.78 is 0. The zero-order valence-corrected chi connectivity index (χ0v) is 10.3. The average molecular weight is 200 g/mol. The molecular formula is C12H28N2. The highest BCUT2D eigenvalue weighted by atomic mass is 15.0. The Morgan fingerprint density at radius 1 is 0.857 bits per heavy atom. The average Bonchev–Trinajstić information content (AvgIpc) is 2.15. The monoisotopic (exact) mass is 200 g/mol. The molecule has 0 spiro atoms. The molecule has 0 aromatic carbocycles. The van der Waals surface area contributed by atoms with Gasteiger partial charge in [0.15, 0.2) is 0 Å². The van der Waals surface area contributed by atoms with Crippen molar-refractivity contribution in [2.75, 3.05) is 33.7 Å². The van der Waals surface area contributed by atoms with E-state index in [1.165, 1.54) is 58.2 Å². The minimum atomic E-state index is 1.20. The largest absolute Gasteiger partial charge is 0.317 e. The molecule has 0 aromatic heterocycles. The molecule has 0 bridgehead atoms. The van der Waals surface area contributed by atoms with Gasteiger partial charge in [0.25, 0.3) is 0 Å². The topological polar surface area (TPSA) is 15.3 Å². The molecule has 2 heteroatoms. The molecule has 0 fully saturated rings. The van der Waals surface area contributed by atoms with E-state index in [2.05, 4.69) is 31.2 Å². The second kappa shape index (κ2) is 11.0. The first kappa shape index (κ1) is 13.9. The first-order valence-corrected chi connectivity index (χ1v) is 6.12. The number of nitrogens with one attached hydrogen (secondary N) is 1. The molecule has 0 saturated heterocycles. The lowest BCUT2D eigenvalue weighted by atomic mass is 10.2. The van der Waals surface area contributed by atoms with Crippen LogP contribution in [0.2, 0.25) is 0 Å². The predicted octanol–water partition coefficient (Wildman–Crippen LogP) is 2.50. The number of unbranched alkanes of at least 4 members (excludes halogenated alkanes) is 4. The molecule has 0 aromatic rings. The molecule has 0 aliphatic heterocycles. The maximum absolute atomic E-state index is 3.48. The van der Waals surface area contributed by atoms with Gasteiger partial charge in [0.1, 0.15) is 0 Å². The van der Waals surface area contributed by atoms with Gasteiger partial charge in [-0.25, -0.2) is 0 Å². The summed E-state index contributed by atoms with van der Waals surface area (Å²) in [4.78, 5) is 2.26. The standard InChI is InChI=1S/C12H28N2/c1-4-5-10-13-11-8-6-7-9-12-14(2)3/h13H,4-12H2,1-3H3. The predicted molar refractivity (Wildman–Crippen MR) is 64.8 cm³/mol. The maximum atomic E-state index is 3.48. The highest BCUT2D eigenvalue weighted by Crippen LogP contribution is 1.99. The third-order valence-electron chi connectivity index (χ3n) is 2.42. The molecule has 0 radical (unpaired) electrons. The number of hydrogen-bond donors (Lipinski definition) is 1. The first-order valence-electron chi connectivity index (χ1n) is 6.12. The number of nitrogens with zero attached hydrogens (tertiary/aromatic N) is 1. The summed E-state index contributed by atoms with van der Waals surface area (Å²) in [5.74, 6) is 0. The van der Waals surface area contributed by atoms with Crippen LogP contribution in [-0.2, 0) is 0 Å². The number of hydrogen-bond acceptors (Lipinski definition) is 2. The highest BCUT2D eigenvalue weighted by molar-refractivity contribution is 4.50. The van der Waals surface area contributed by atoms with Gasteiger partial charge in [-0.05, 0) is 53.0 Å². The fourth-order valence-corrected chi connectivity index (χ4v) is 1.46. The zero-order chi connectivity index (χ0) is 10.6. The van der Waals surface area contributed by atoms with Crippen molar-refractivity contribution in [3.63, 3.8) is 0 Å². The van der Waals surface area contributed by atoms with Crippen LogP contribution >= 0.6 is 0 Å². The lowest BCUT2D eigenvalue weighted by Crippen LogP contribution is -2.16. The van der Waals surface area contributed by atoms with Gasteiger partial charge in [-0.15, -0.1) is 0 Å². The van der Waals surface area contributed by atoms with Crippen LogP contribution in [0, 0.1) is 0 Å². The minimum absolute atomic E-state index is 1.20. The van der Waals surface area contributed by atoms with Crippen molar-refractivity contribution in [2.45, 2.75) is 45.4 Å². The summed E-state index contributed by atoms with van der Waals surface area (Å²) in [5.41, 5.74) is 0. The Labute approximate surface area is 90.1 Å². The molecule has 0 heterocycles. The van der Waals surface area contributed by atoms with E-state index in [0.29, 0.717) is 0 Å². The molecule has 0 saturated carbocycles. The molecule has 0 amide bonds. The molecule has 1 N–H and O–H groups in total. The molecule has 14 heavy (non-hydrogen) atoms. The van der Waals surface area contributed by atoms with Gasteiger partial charge in [-0.2, -0.15) is 0 Å². The normalized spacial score (nSPS) is 11.1. The Balaban J connectivity index is 2.85. The van der Waals surface area contributed by atoms with Crippen LogP contribution in [0.1, 0.15) is 45.4 Å². The molecule has 0 aliphatic carbocycles. The van der Waals surface area contributed by atoms with E-state index < -0.39 is 0 Å². The Hall–Kier alpha value is -0.0800. The van der Waals surface area contributed by atoms with E-state index in [-0.39, 0.29) is 0 Å². The van der Waals surface area contributed by atoms with E-state index in [4.69, 9.17) is 0 Å². The van der Waals surface area contributed by atoms with E-state index in [9.17, 15) is 0 Å². The van der Waals surface area contributed by atoms with Crippen molar-refractivity contribution < 1.29 is 0 Å². The van der Waals surface area contributed by atoms with Crippen LogP contribution in [0.25, 0.3) is 0 Å². The molecule has 2 nitrogen and oxygen atoms in total. The van der Waals surface area contributed by atoms with Crippen molar-refractivity contribution in [3.05, 3.63) is 0 Å². The summed E-state index contributed by atoms with van der Waals surface area (Å²) in [5, 5.41) is 3.48. The second-order valence-electron chi connectivity index (χ2n) is 4.32. The van der Waals surface area contributed by atoms with Gasteiger partial charge in [0.2, 0.25) is 0 Å². The van der Waals surface area contributed by atoms with E-state index >= 15 is 0 Å². The van der Waals surface area contributed by atoms with Crippen molar-refractivity contribution in [1.82, 2.24) is 10.2 Å². The molecule has 0 atom stereocenters. The lowest BCUT2D eigenvalue weighted by Gasteiger charge is -2.08. The Kier molecular flexibility index (Phi) is 10.9. The molecule has 0 rings (SSSR count). The van der Waals surface area contributed by atoms with Crippen LogP contribution in [0.15, 0.2) is 0 Å².